The first-order chi connectivity index (χ1) is 16.8. The van der Waals surface area contributed by atoms with Gasteiger partial charge in [-0.25, -0.2) is 0 Å². The third kappa shape index (κ3) is 7.28. The van der Waals surface area contributed by atoms with Gasteiger partial charge in [0.05, 0.1) is 6.61 Å². The summed E-state index contributed by atoms with van der Waals surface area (Å²) in [5.74, 6) is -1.77. The predicted molar refractivity (Wildman–Crippen MR) is 168 cm³/mol. The average Bonchev–Trinajstić information content (AvgIpc) is 2.96. The molecule has 0 bridgehead atoms. The van der Waals surface area contributed by atoms with Gasteiger partial charge in [0.25, 0.3) is 0 Å². The minimum Gasteiger partial charge on any atom is -0.414 e. The minimum atomic E-state index is -2.36. The lowest BCUT2D eigenvalue weighted by Gasteiger charge is -2.45. The van der Waals surface area contributed by atoms with Crippen molar-refractivity contribution < 1.29 is 23.1 Å². The van der Waals surface area contributed by atoms with Gasteiger partial charge in [-0.15, -0.1) is 0 Å². The molecule has 1 N–H and O–H groups in total. The third-order valence-electron chi connectivity index (χ3n) is 9.36. The molecule has 1 saturated heterocycles. The van der Waals surface area contributed by atoms with E-state index in [9.17, 15) is 5.11 Å². The summed E-state index contributed by atoms with van der Waals surface area (Å²) in [6.07, 6.45) is -0.0867. The number of nitrogens with zero attached hydrogens (tertiary/aromatic N) is 1. The Morgan fingerprint density at radius 2 is 1.32 bits per heavy atom. The number of ether oxygens (including phenoxy) is 1. The van der Waals surface area contributed by atoms with Gasteiger partial charge in [-0.3, -0.25) is 4.98 Å². The monoisotopic (exact) mass is 647 g/mol. The Labute approximate surface area is 244 Å². The van der Waals surface area contributed by atoms with Gasteiger partial charge < -0.3 is 23.1 Å². The Balaban J connectivity index is 2.67. The first kappa shape index (κ1) is 34.3. The molecule has 38 heavy (non-hydrogen) atoms. The SMILES string of the molecule is CC(C)(C)[Si](C)(C)OC[C@H]1O[C@@](O)(c2ccc(Br)cn2)[C@H](O[Si](C)(C)C(C)(C)C)[C@@H]1O[Si](C)(C)C(C)(C)C. The van der Waals surface area contributed by atoms with Crippen LogP contribution in [0.1, 0.15) is 68.0 Å². The summed E-state index contributed by atoms with van der Waals surface area (Å²) < 4.78 is 28.2. The maximum Gasteiger partial charge on any atom is 0.238 e. The van der Waals surface area contributed by atoms with E-state index >= 15 is 0 Å². The summed E-state index contributed by atoms with van der Waals surface area (Å²) in [6.45, 7) is 33.6. The second-order valence-corrected chi connectivity index (χ2v) is 30.7. The van der Waals surface area contributed by atoms with Crippen molar-refractivity contribution in [3.05, 3.63) is 28.5 Å². The molecule has 1 fully saturated rings. The molecule has 220 valence electrons. The third-order valence-corrected chi connectivity index (χ3v) is 23.3. The fraction of sp³-hybridized carbons (Fsp3) is 0.821. The van der Waals surface area contributed by atoms with E-state index in [1.807, 2.05) is 6.07 Å². The van der Waals surface area contributed by atoms with Crippen LogP contribution in [0, 0.1) is 0 Å². The number of rotatable bonds is 8. The van der Waals surface area contributed by atoms with E-state index in [2.05, 4.69) is 123 Å². The highest BCUT2D eigenvalue weighted by molar-refractivity contribution is 9.10. The van der Waals surface area contributed by atoms with Crippen molar-refractivity contribution >= 4 is 40.9 Å². The van der Waals surface area contributed by atoms with Crippen molar-refractivity contribution in [2.75, 3.05) is 6.61 Å². The van der Waals surface area contributed by atoms with Crippen LogP contribution in [0.3, 0.4) is 0 Å². The summed E-state index contributed by atoms with van der Waals surface area (Å²) in [7, 11) is -6.73. The summed E-state index contributed by atoms with van der Waals surface area (Å²) in [5, 5.41) is 12.3. The van der Waals surface area contributed by atoms with E-state index in [-0.39, 0.29) is 15.1 Å². The van der Waals surface area contributed by atoms with Gasteiger partial charge in [-0.2, -0.15) is 0 Å². The smallest absolute Gasteiger partial charge is 0.238 e. The molecular formula is C28H54BrNO5Si3. The molecule has 4 atom stereocenters. The van der Waals surface area contributed by atoms with Gasteiger partial charge in [0.15, 0.2) is 25.0 Å². The molecule has 2 rings (SSSR count). The first-order valence-electron chi connectivity index (χ1n) is 13.8. The quantitative estimate of drug-likeness (QED) is 0.287. The number of halogens is 1. The average molecular weight is 649 g/mol. The van der Waals surface area contributed by atoms with Crippen LogP contribution in [0.2, 0.25) is 54.4 Å². The second-order valence-electron chi connectivity index (χ2n) is 15.4. The van der Waals surface area contributed by atoms with Crippen molar-refractivity contribution in [1.82, 2.24) is 4.98 Å². The summed E-state index contributed by atoms with van der Waals surface area (Å²) in [4.78, 5) is 4.57. The standard InChI is InChI=1S/C28H54BrNO5Si3/c1-25(2,3)36(10,11)32-19-21-23(34-37(12,13)26(4,5)6)24(35-38(14,15)27(7,8)9)28(31,33-21)22-17-16-20(29)18-30-22/h16-18,21,23-24,31H,19H2,1-15H3/t21-,23-,24-,28+/m1/s1. The van der Waals surface area contributed by atoms with Crippen molar-refractivity contribution in [2.45, 2.75) is 141 Å². The molecule has 0 aromatic carbocycles. The Morgan fingerprint density at radius 1 is 0.842 bits per heavy atom. The van der Waals surface area contributed by atoms with Crippen molar-refractivity contribution in [1.29, 1.82) is 0 Å². The Morgan fingerprint density at radius 3 is 1.74 bits per heavy atom. The number of aromatic nitrogens is 1. The van der Waals surface area contributed by atoms with Crippen molar-refractivity contribution in [3.63, 3.8) is 0 Å². The Hall–Kier alpha value is 0.0806. The normalized spacial score (nSPS) is 26.2. The molecule has 10 heteroatoms. The summed E-state index contributed by atoms with van der Waals surface area (Å²) in [6, 6.07) is 3.67. The molecule has 0 unspecified atom stereocenters. The zero-order valence-electron chi connectivity index (χ0n) is 26.6. The molecule has 6 nitrogen and oxygen atoms in total. The highest BCUT2D eigenvalue weighted by Gasteiger charge is 2.62. The fourth-order valence-corrected chi connectivity index (χ4v) is 7.35. The Bertz CT molecular complexity index is 951. The fourth-order valence-electron chi connectivity index (χ4n) is 3.51. The number of hydrogen-bond acceptors (Lipinski definition) is 6. The van der Waals surface area contributed by atoms with E-state index in [4.69, 9.17) is 18.0 Å². The molecule has 0 spiro atoms. The summed E-state index contributed by atoms with van der Waals surface area (Å²) in [5.41, 5.74) is 0.420. The molecule has 1 aromatic rings. The lowest BCUT2D eigenvalue weighted by molar-refractivity contribution is -0.238. The molecule has 0 radical (unpaired) electrons. The number of aliphatic hydroxyl groups is 1. The lowest BCUT2D eigenvalue weighted by Crippen LogP contribution is -2.56. The zero-order chi connectivity index (χ0) is 29.8. The largest absolute Gasteiger partial charge is 0.414 e. The van der Waals surface area contributed by atoms with E-state index in [0.717, 1.165) is 4.47 Å². The maximum atomic E-state index is 12.4. The van der Waals surface area contributed by atoms with Crippen LogP contribution in [0.25, 0.3) is 0 Å². The predicted octanol–water partition coefficient (Wildman–Crippen LogP) is 8.19. The minimum absolute atomic E-state index is 0.0318. The topological polar surface area (TPSA) is 70.0 Å². The van der Waals surface area contributed by atoms with E-state index in [1.54, 1.807) is 12.3 Å². The van der Waals surface area contributed by atoms with E-state index in [1.165, 1.54) is 0 Å². The molecule has 0 aliphatic carbocycles. The van der Waals surface area contributed by atoms with Crippen LogP contribution in [0.5, 0.6) is 0 Å². The van der Waals surface area contributed by atoms with Gasteiger partial charge in [0.1, 0.15) is 24.0 Å². The first-order valence-corrected chi connectivity index (χ1v) is 23.3. The van der Waals surface area contributed by atoms with Gasteiger partial charge in [0.2, 0.25) is 5.79 Å². The van der Waals surface area contributed by atoms with Gasteiger partial charge in [-0.05, 0) is 82.5 Å². The van der Waals surface area contributed by atoms with Crippen molar-refractivity contribution in [2.24, 2.45) is 0 Å². The Kier molecular flexibility index (Phi) is 9.97. The number of hydrogen-bond donors (Lipinski definition) is 1. The molecule has 2 heterocycles. The van der Waals surface area contributed by atoms with Crippen LogP contribution in [0.4, 0.5) is 0 Å². The van der Waals surface area contributed by atoms with Gasteiger partial charge >= 0.3 is 0 Å². The molecule has 1 aliphatic rings. The molecule has 0 amide bonds. The zero-order valence-corrected chi connectivity index (χ0v) is 31.2. The van der Waals surface area contributed by atoms with Crippen LogP contribution in [-0.2, 0) is 23.8 Å². The van der Waals surface area contributed by atoms with E-state index < -0.39 is 49.1 Å². The molecule has 1 aliphatic heterocycles. The molecule has 0 saturated carbocycles. The van der Waals surface area contributed by atoms with Crippen LogP contribution >= 0.6 is 15.9 Å². The molecule has 1 aromatic heterocycles. The van der Waals surface area contributed by atoms with Crippen LogP contribution in [-0.4, -0.2) is 60.0 Å². The highest BCUT2D eigenvalue weighted by Crippen LogP contribution is 2.49. The lowest BCUT2D eigenvalue weighted by atomic mass is 10.0. The van der Waals surface area contributed by atoms with Gasteiger partial charge in [-0.1, -0.05) is 62.3 Å². The summed E-state index contributed by atoms with van der Waals surface area (Å²) >= 11 is 3.47. The maximum absolute atomic E-state index is 12.4. The van der Waals surface area contributed by atoms with Crippen LogP contribution in [0.15, 0.2) is 22.8 Å². The van der Waals surface area contributed by atoms with Crippen LogP contribution < -0.4 is 0 Å². The van der Waals surface area contributed by atoms with E-state index in [0.29, 0.717) is 12.3 Å². The van der Waals surface area contributed by atoms with Gasteiger partial charge in [0, 0.05) is 10.7 Å². The van der Waals surface area contributed by atoms with Crippen molar-refractivity contribution in [3.8, 4) is 0 Å². The highest BCUT2D eigenvalue weighted by atomic mass is 79.9. The second kappa shape index (κ2) is 11.1. The number of pyridine rings is 1. The molecular weight excluding hydrogens is 594 g/mol.